The van der Waals surface area contributed by atoms with Crippen molar-refractivity contribution in [1.82, 2.24) is 4.57 Å². The molecule has 4 aromatic rings. The number of hydrogen-bond donors (Lipinski definition) is 0. The SMILES string of the molecule is COc1ccc(-c2sc(=NC(=O)c3cccc(OC)c3)n(C)c2-c2ccc(OC)cc2)cc1. The van der Waals surface area contributed by atoms with Gasteiger partial charge in [-0.1, -0.05) is 17.4 Å². The van der Waals surface area contributed by atoms with E-state index < -0.39 is 0 Å². The van der Waals surface area contributed by atoms with Gasteiger partial charge in [0.15, 0.2) is 4.80 Å². The van der Waals surface area contributed by atoms with E-state index in [-0.39, 0.29) is 5.91 Å². The lowest BCUT2D eigenvalue weighted by molar-refractivity contribution is 0.0997. The fourth-order valence-electron chi connectivity index (χ4n) is 3.47. The number of amides is 1. The Labute approximate surface area is 196 Å². The average Bonchev–Trinajstić information content (AvgIpc) is 3.19. The first-order valence-electron chi connectivity index (χ1n) is 10.3. The van der Waals surface area contributed by atoms with E-state index in [1.165, 1.54) is 11.3 Å². The zero-order chi connectivity index (χ0) is 23.4. The molecule has 168 valence electrons. The Hall–Kier alpha value is -3.84. The average molecular weight is 461 g/mol. The molecule has 1 amide bonds. The maximum atomic E-state index is 12.9. The van der Waals surface area contributed by atoms with Gasteiger partial charge in [-0.15, -0.1) is 0 Å². The van der Waals surface area contributed by atoms with Gasteiger partial charge in [0.2, 0.25) is 0 Å². The van der Waals surface area contributed by atoms with Gasteiger partial charge in [-0.05, 0) is 77.9 Å². The van der Waals surface area contributed by atoms with E-state index in [4.69, 9.17) is 14.2 Å². The van der Waals surface area contributed by atoms with Gasteiger partial charge in [-0.25, -0.2) is 0 Å². The summed E-state index contributed by atoms with van der Waals surface area (Å²) in [6.45, 7) is 0. The fourth-order valence-corrected chi connectivity index (χ4v) is 4.62. The van der Waals surface area contributed by atoms with Gasteiger partial charge in [0.1, 0.15) is 17.2 Å². The summed E-state index contributed by atoms with van der Waals surface area (Å²) in [6, 6.07) is 22.7. The summed E-state index contributed by atoms with van der Waals surface area (Å²) < 4.78 is 17.8. The first-order valence-corrected chi connectivity index (χ1v) is 11.1. The molecule has 0 radical (unpaired) electrons. The molecule has 0 aliphatic rings. The van der Waals surface area contributed by atoms with E-state index in [2.05, 4.69) is 4.99 Å². The minimum atomic E-state index is -0.326. The number of hydrogen-bond acceptors (Lipinski definition) is 5. The summed E-state index contributed by atoms with van der Waals surface area (Å²) in [5, 5.41) is 0. The van der Waals surface area contributed by atoms with Crippen LogP contribution in [-0.4, -0.2) is 31.8 Å². The monoisotopic (exact) mass is 460 g/mol. The largest absolute Gasteiger partial charge is 0.497 e. The Morgan fingerprint density at radius 3 is 1.94 bits per heavy atom. The first kappa shape index (κ1) is 22.4. The van der Waals surface area contributed by atoms with Gasteiger partial charge >= 0.3 is 0 Å². The third-order valence-electron chi connectivity index (χ3n) is 5.26. The molecule has 0 bridgehead atoms. The number of carbonyl (C=O) groups is 1. The summed E-state index contributed by atoms with van der Waals surface area (Å²) >= 11 is 1.46. The highest BCUT2D eigenvalue weighted by Crippen LogP contribution is 2.35. The molecule has 4 rings (SSSR count). The predicted molar refractivity (Wildman–Crippen MR) is 130 cm³/mol. The van der Waals surface area contributed by atoms with Crippen LogP contribution >= 0.6 is 11.3 Å². The second-order valence-corrected chi connectivity index (χ2v) is 8.20. The summed E-state index contributed by atoms with van der Waals surface area (Å²) in [7, 11) is 6.77. The van der Waals surface area contributed by atoms with Crippen LogP contribution in [0.4, 0.5) is 0 Å². The van der Waals surface area contributed by atoms with Crippen LogP contribution < -0.4 is 19.0 Å². The number of nitrogens with zero attached hydrogens (tertiary/aromatic N) is 2. The summed E-state index contributed by atoms with van der Waals surface area (Å²) in [5.74, 6) is 1.85. The molecule has 33 heavy (non-hydrogen) atoms. The minimum absolute atomic E-state index is 0.326. The number of ether oxygens (including phenoxy) is 3. The maximum Gasteiger partial charge on any atom is 0.279 e. The van der Waals surface area contributed by atoms with Gasteiger partial charge in [0, 0.05) is 12.6 Å². The summed E-state index contributed by atoms with van der Waals surface area (Å²) in [4.78, 5) is 19.0. The summed E-state index contributed by atoms with van der Waals surface area (Å²) in [6.07, 6.45) is 0. The van der Waals surface area contributed by atoms with Crippen LogP contribution in [0.3, 0.4) is 0 Å². The lowest BCUT2D eigenvalue weighted by Gasteiger charge is -2.09. The van der Waals surface area contributed by atoms with Crippen LogP contribution in [-0.2, 0) is 7.05 Å². The van der Waals surface area contributed by atoms with E-state index >= 15 is 0 Å². The van der Waals surface area contributed by atoms with Crippen LogP contribution in [0.25, 0.3) is 21.7 Å². The molecular formula is C26H24N2O4S. The molecule has 0 aliphatic carbocycles. The number of thiazole rings is 1. The van der Waals surface area contributed by atoms with Crippen LogP contribution in [0.15, 0.2) is 77.8 Å². The standard InChI is InChI=1S/C26H24N2O4S/c1-28-23(17-8-12-20(30-2)13-9-17)24(18-10-14-21(31-3)15-11-18)33-26(28)27-25(29)19-6-5-7-22(16-19)32-4/h5-16H,1-4H3. The smallest absolute Gasteiger partial charge is 0.279 e. The Morgan fingerprint density at radius 2 is 1.36 bits per heavy atom. The maximum absolute atomic E-state index is 12.9. The van der Waals surface area contributed by atoms with Gasteiger partial charge < -0.3 is 18.8 Å². The molecule has 1 heterocycles. The molecule has 0 saturated carbocycles. The Kier molecular flexibility index (Phi) is 6.60. The topological polar surface area (TPSA) is 62.0 Å². The molecule has 0 saturated heterocycles. The normalized spacial score (nSPS) is 11.3. The van der Waals surface area contributed by atoms with Crippen molar-refractivity contribution in [1.29, 1.82) is 0 Å². The zero-order valence-electron chi connectivity index (χ0n) is 18.9. The van der Waals surface area contributed by atoms with E-state index in [9.17, 15) is 4.79 Å². The van der Waals surface area contributed by atoms with Gasteiger partial charge in [-0.3, -0.25) is 4.79 Å². The first-order chi connectivity index (χ1) is 16.0. The molecule has 0 spiro atoms. The van der Waals surface area contributed by atoms with E-state index in [1.807, 2.05) is 60.1 Å². The molecule has 0 atom stereocenters. The predicted octanol–water partition coefficient (Wildman–Crippen LogP) is 5.19. The summed E-state index contributed by atoms with van der Waals surface area (Å²) in [5.41, 5.74) is 3.44. The van der Waals surface area contributed by atoms with Crippen LogP contribution in [0.5, 0.6) is 17.2 Å². The molecule has 7 heteroatoms. The lowest BCUT2D eigenvalue weighted by Crippen LogP contribution is -2.14. The third-order valence-corrected chi connectivity index (χ3v) is 6.44. The number of benzene rings is 3. The molecule has 0 unspecified atom stereocenters. The van der Waals surface area contributed by atoms with Crippen molar-refractivity contribution in [3.8, 4) is 38.9 Å². The molecule has 6 nitrogen and oxygen atoms in total. The Morgan fingerprint density at radius 1 is 0.788 bits per heavy atom. The highest BCUT2D eigenvalue weighted by atomic mass is 32.1. The number of methoxy groups -OCH3 is 3. The Balaban J connectivity index is 1.86. The number of carbonyl (C=O) groups excluding carboxylic acids is 1. The molecule has 0 N–H and O–H groups in total. The van der Waals surface area contributed by atoms with Crippen molar-refractivity contribution in [2.24, 2.45) is 12.0 Å². The minimum Gasteiger partial charge on any atom is -0.497 e. The number of rotatable bonds is 6. The van der Waals surface area contributed by atoms with Crippen molar-refractivity contribution in [3.63, 3.8) is 0 Å². The third kappa shape index (κ3) is 4.68. The lowest BCUT2D eigenvalue weighted by atomic mass is 10.1. The van der Waals surface area contributed by atoms with Crippen molar-refractivity contribution >= 4 is 17.2 Å². The highest BCUT2D eigenvalue weighted by Gasteiger charge is 2.17. The fraction of sp³-hybridized carbons (Fsp3) is 0.154. The van der Waals surface area contributed by atoms with Gasteiger partial charge in [0.05, 0.1) is 31.9 Å². The molecule has 0 fully saturated rings. The van der Waals surface area contributed by atoms with Crippen molar-refractivity contribution in [3.05, 3.63) is 83.2 Å². The van der Waals surface area contributed by atoms with E-state index in [0.717, 1.165) is 33.2 Å². The molecule has 0 aliphatic heterocycles. The zero-order valence-corrected chi connectivity index (χ0v) is 19.7. The van der Waals surface area contributed by atoms with Crippen molar-refractivity contribution < 1.29 is 19.0 Å². The quantitative estimate of drug-likeness (QED) is 0.397. The second kappa shape index (κ2) is 9.75. The molecule has 3 aromatic carbocycles. The van der Waals surface area contributed by atoms with Crippen LogP contribution in [0, 0.1) is 0 Å². The second-order valence-electron chi connectivity index (χ2n) is 7.23. The Bertz CT molecular complexity index is 1340. The van der Waals surface area contributed by atoms with Gasteiger partial charge in [-0.2, -0.15) is 4.99 Å². The van der Waals surface area contributed by atoms with Crippen LogP contribution in [0.2, 0.25) is 0 Å². The van der Waals surface area contributed by atoms with E-state index in [1.54, 1.807) is 45.6 Å². The van der Waals surface area contributed by atoms with Crippen molar-refractivity contribution in [2.75, 3.05) is 21.3 Å². The highest BCUT2D eigenvalue weighted by molar-refractivity contribution is 7.13. The molecule has 1 aromatic heterocycles. The van der Waals surface area contributed by atoms with E-state index in [0.29, 0.717) is 16.1 Å². The van der Waals surface area contributed by atoms with Crippen molar-refractivity contribution in [2.45, 2.75) is 0 Å². The molecular weight excluding hydrogens is 436 g/mol. The van der Waals surface area contributed by atoms with Gasteiger partial charge in [0.25, 0.3) is 5.91 Å². The van der Waals surface area contributed by atoms with Crippen LogP contribution in [0.1, 0.15) is 10.4 Å². The number of aromatic nitrogens is 1.